The monoisotopic (exact) mass is 828 g/mol. The van der Waals surface area contributed by atoms with Crippen molar-refractivity contribution in [3.63, 3.8) is 0 Å². The molecule has 0 N–H and O–H groups in total. The van der Waals surface area contributed by atoms with Crippen LogP contribution in [0.15, 0.2) is 36.4 Å². The maximum Gasteiger partial charge on any atom is 3.00 e. The summed E-state index contributed by atoms with van der Waals surface area (Å²) in [6.07, 6.45) is 0. The van der Waals surface area contributed by atoms with Gasteiger partial charge in [0.25, 0.3) is 11.8 Å². The number of hydrogen-bond donors (Lipinski definition) is 0. The Morgan fingerprint density at radius 1 is 0.592 bits per heavy atom. The van der Waals surface area contributed by atoms with Crippen LogP contribution in [-0.4, -0.2) is 80.0 Å². The van der Waals surface area contributed by atoms with Crippen LogP contribution in [-0.2, 0) is 14.4 Å². The van der Waals surface area contributed by atoms with Gasteiger partial charge in [0.05, 0.1) is 15.3 Å². The Morgan fingerprint density at radius 3 is 0.980 bits per heavy atom. The van der Waals surface area contributed by atoms with E-state index < -0.39 is 15.3 Å². The molecule has 20 heteroatoms. The van der Waals surface area contributed by atoms with Gasteiger partial charge >= 0.3 is 40.8 Å². The fourth-order valence-corrected chi connectivity index (χ4v) is 4.20. The van der Waals surface area contributed by atoms with Gasteiger partial charge in [0, 0.05) is 24.2 Å². The number of fused-ring (bicyclic) bond motifs is 1. The molecule has 2 aromatic carbocycles. The van der Waals surface area contributed by atoms with Gasteiger partial charge in [-0.05, 0) is 92.1 Å². The Kier molecular flexibility index (Phi) is 29.3. The first-order chi connectivity index (χ1) is 22.0. The number of Topliss-reactive ketones (excluding diaryl/α,β-unsaturated/α-hetero) is 1. The van der Waals surface area contributed by atoms with Crippen molar-refractivity contribution in [3.8, 4) is 11.5 Å². The van der Waals surface area contributed by atoms with Gasteiger partial charge in [-0.25, -0.2) is 0 Å². The second kappa shape index (κ2) is 27.8. The zero-order valence-electron chi connectivity index (χ0n) is 29.1. The van der Waals surface area contributed by atoms with E-state index in [2.05, 4.69) is 0 Å². The Balaban J connectivity index is -0.000000497. The first kappa shape index (κ1) is 51.7. The maximum atomic E-state index is 12.8. The number of carbonyl (C=O) groups is 3. The zero-order chi connectivity index (χ0) is 38.3. The minimum Gasteiger partial charge on any atom is -0.480 e. The number of ketones is 1. The first-order valence-corrected chi connectivity index (χ1v) is 14.3. The maximum absolute atomic E-state index is 12.8. The largest absolute Gasteiger partial charge is 3.00 e. The van der Waals surface area contributed by atoms with Crippen molar-refractivity contribution >= 4 is 28.4 Å². The third-order valence-corrected chi connectivity index (χ3v) is 5.32. The van der Waals surface area contributed by atoms with Crippen LogP contribution in [0.2, 0.25) is 0 Å². The van der Waals surface area contributed by atoms with Crippen LogP contribution in [0.4, 0.5) is 0 Å². The Hall–Kier alpha value is -4.14. The summed E-state index contributed by atoms with van der Waals surface area (Å²) in [5.41, 5.74) is 0. The van der Waals surface area contributed by atoms with Crippen molar-refractivity contribution in [1.29, 1.82) is 0 Å². The summed E-state index contributed by atoms with van der Waals surface area (Å²) in [6.45, 7) is 18.8. The predicted octanol–water partition coefficient (Wildman–Crippen LogP) is 4.77. The van der Waals surface area contributed by atoms with E-state index in [1.165, 1.54) is 13.8 Å². The molecule has 0 unspecified atom stereocenters. The average Bonchev–Trinajstić information content (AvgIpc) is 2.88. The van der Waals surface area contributed by atoms with Crippen molar-refractivity contribution < 1.29 is 80.0 Å². The smallest absolute Gasteiger partial charge is 0.480 e. The number of benzene rings is 2. The summed E-state index contributed by atoms with van der Waals surface area (Å²) in [5.74, 6) is 0.905. The van der Waals surface area contributed by atoms with Crippen molar-refractivity contribution in [1.82, 2.24) is 9.80 Å². The van der Waals surface area contributed by atoms with E-state index in [0.29, 0.717) is 11.5 Å². The van der Waals surface area contributed by atoms with Crippen molar-refractivity contribution in [3.05, 3.63) is 82.4 Å². The Labute approximate surface area is 317 Å². The number of ether oxygens (including phenoxy) is 2. The third-order valence-electron chi connectivity index (χ3n) is 5.32. The second-order valence-corrected chi connectivity index (χ2v) is 10.8. The first-order valence-electron chi connectivity index (χ1n) is 14.3. The van der Waals surface area contributed by atoms with Gasteiger partial charge in [0.2, 0.25) is 0 Å². The fourth-order valence-electron chi connectivity index (χ4n) is 4.20. The van der Waals surface area contributed by atoms with E-state index in [-0.39, 0.29) is 95.8 Å². The Bertz CT molecular complexity index is 1170. The molecule has 0 aliphatic rings. The van der Waals surface area contributed by atoms with E-state index in [1.807, 2.05) is 91.8 Å². The molecule has 1 radical (unpaired) electrons. The van der Waals surface area contributed by atoms with Crippen molar-refractivity contribution in [2.75, 3.05) is 13.2 Å². The van der Waals surface area contributed by atoms with Gasteiger partial charge in [-0.3, -0.25) is 9.59 Å². The molecular weight excluding hydrogens is 787 g/mol. The number of rotatable bonds is 10. The van der Waals surface area contributed by atoms with E-state index in [0.717, 1.165) is 10.8 Å². The van der Waals surface area contributed by atoms with Crippen LogP contribution in [0.3, 0.4) is 0 Å². The SMILES string of the molecule is CC(C)=O.CC(C)N(C(=O)COc1cc2ccccc2cc1OCC(=O)N(C(C)C)C(C)C)C(C)C.O=[N+]([O-])[O-].O=[N+]([O-])[O-].O=[N+]([O-])[O-].[Nd+3]. The molecule has 49 heavy (non-hydrogen) atoms. The van der Waals surface area contributed by atoms with Crippen LogP contribution in [0.1, 0.15) is 69.2 Å². The molecular formula is C29H44N5NdO14. The van der Waals surface area contributed by atoms with E-state index in [9.17, 15) is 14.4 Å². The minimum atomic E-state index is -1.75. The van der Waals surface area contributed by atoms with Crippen molar-refractivity contribution in [2.45, 2.75) is 93.4 Å². The van der Waals surface area contributed by atoms with Crippen LogP contribution < -0.4 is 9.47 Å². The number of amides is 2. The average molecular weight is 831 g/mol. The third kappa shape index (κ3) is 27.5. The normalized spacial score (nSPS) is 9.51. The topological polar surface area (TPSA) is 275 Å². The van der Waals surface area contributed by atoms with Gasteiger partial charge in [0.15, 0.2) is 24.7 Å². The van der Waals surface area contributed by atoms with Gasteiger partial charge in [-0.1, -0.05) is 24.3 Å². The molecule has 0 aliphatic heterocycles. The molecule has 0 fully saturated rings. The molecule has 2 aromatic rings. The van der Waals surface area contributed by atoms with Gasteiger partial charge in [-0.2, -0.15) is 0 Å². The number of nitrogens with zero attached hydrogens (tertiary/aromatic N) is 5. The summed E-state index contributed by atoms with van der Waals surface area (Å²) in [7, 11) is 0. The Morgan fingerprint density at radius 2 is 0.796 bits per heavy atom. The van der Waals surface area contributed by atoms with E-state index >= 15 is 0 Å². The second-order valence-electron chi connectivity index (χ2n) is 10.8. The zero-order valence-corrected chi connectivity index (χ0v) is 32.3. The molecule has 0 bridgehead atoms. The molecule has 2 rings (SSSR count). The molecule has 273 valence electrons. The van der Waals surface area contributed by atoms with Gasteiger partial charge < -0.3 is 70.0 Å². The van der Waals surface area contributed by atoms with E-state index in [1.54, 1.807) is 9.80 Å². The summed E-state index contributed by atoms with van der Waals surface area (Å²) >= 11 is 0. The van der Waals surface area contributed by atoms with Gasteiger partial charge in [0.1, 0.15) is 5.78 Å². The molecule has 19 nitrogen and oxygen atoms in total. The van der Waals surface area contributed by atoms with Crippen molar-refractivity contribution in [2.24, 2.45) is 0 Å². The minimum absolute atomic E-state index is 0. The molecule has 2 amide bonds. The molecule has 0 spiro atoms. The molecule has 0 heterocycles. The quantitative estimate of drug-likeness (QED) is 0.231. The molecule has 0 aromatic heterocycles. The number of hydrogen-bond acceptors (Lipinski definition) is 14. The van der Waals surface area contributed by atoms with Crippen LogP contribution in [0.5, 0.6) is 11.5 Å². The molecule has 0 aliphatic carbocycles. The number of carbonyl (C=O) groups excluding carboxylic acids is 3. The standard InChI is InChI=1S/C26H38N2O4.C3H6O.3NO3.Nd/c1-17(2)27(18(3)4)25(29)15-31-23-13-21-11-9-10-12-22(21)14-24(23)32-16-26(30)28(19(5)6)20(7)8;1-3(2)4;3*2-1(3)4;/h9-14,17-20H,15-16H2,1-8H3;1-2H3;;;;/q;;3*-1;+3. The fraction of sp³-hybridized carbons (Fsp3) is 0.552. The van der Waals surface area contributed by atoms with Gasteiger partial charge in [-0.15, -0.1) is 0 Å². The summed E-state index contributed by atoms with van der Waals surface area (Å²) in [6, 6.07) is 11.9. The summed E-state index contributed by atoms with van der Waals surface area (Å²) in [4.78, 5) is 63.4. The molecule has 0 atom stereocenters. The predicted molar refractivity (Wildman–Crippen MR) is 177 cm³/mol. The van der Waals surface area contributed by atoms with Crippen LogP contribution in [0, 0.1) is 86.8 Å². The summed E-state index contributed by atoms with van der Waals surface area (Å²) in [5, 5.41) is 46.2. The van der Waals surface area contributed by atoms with Crippen LogP contribution in [0.25, 0.3) is 10.8 Å². The molecule has 0 saturated carbocycles. The summed E-state index contributed by atoms with van der Waals surface area (Å²) < 4.78 is 11.9. The van der Waals surface area contributed by atoms with Crippen LogP contribution >= 0.6 is 0 Å². The van der Waals surface area contributed by atoms with E-state index in [4.69, 9.17) is 55.4 Å². The molecule has 0 saturated heterocycles.